The van der Waals surface area contributed by atoms with Crippen molar-refractivity contribution in [2.75, 3.05) is 13.2 Å². The van der Waals surface area contributed by atoms with Crippen molar-refractivity contribution in [3.63, 3.8) is 0 Å². The Bertz CT molecular complexity index is 1140. The number of rotatable bonds is 66. The summed E-state index contributed by atoms with van der Waals surface area (Å²) in [5, 5.41) is 23.3. The number of aliphatic hydroxyl groups excluding tert-OH is 2. The lowest BCUT2D eigenvalue weighted by atomic mass is 10.0. The van der Waals surface area contributed by atoms with Crippen LogP contribution in [0.25, 0.3) is 0 Å². The summed E-state index contributed by atoms with van der Waals surface area (Å²) in [6, 6.07) is -0.537. The fourth-order valence-corrected chi connectivity index (χ4v) is 11.2. The third-order valence-electron chi connectivity index (χ3n) is 16.6. The Labute approximate surface area is 476 Å². The van der Waals surface area contributed by atoms with Gasteiger partial charge in [0, 0.05) is 12.8 Å². The van der Waals surface area contributed by atoms with Crippen LogP contribution in [0.5, 0.6) is 0 Å². The molecule has 1 amide bonds. The molecule has 0 aromatic heterocycles. The van der Waals surface area contributed by atoms with Crippen molar-refractivity contribution >= 4 is 11.9 Å². The molecular weight excluding hydrogens is 935 g/mol. The van der Waals surface area contributed by atoms with Crippen molar-refractivity contribution in [1.82, 2.24) is 5.32 Å². The lowest BCUT2D eigenvalue weighted by Gasteiger charge is -2.22. The normalized spacial score (nSPS) is 12.5. The van der Waals surface area contributed by atoms with Gasteiger partial charge in [-0.2, -0.15) is 0 Å². The number of amides is 1. The van der Waals surface area contributed by atoms with E-state index < -0.39 is 12.1 Å². The van der Waals surface area contributed by atoms with Crippen molar-refractivity contribution in [2.24, 2.45) is 0 Å². The first-order chi connectivity index (χ1) is 37.5. The molecule has 0 aromatic rings. The van der Waals surface area contributed by atoms with Gasteiger partial charge in [-0.25, -0.2) is 0 Å². The summed E-state index contributed by atoms with van der Waals surface area (Å²) in [6.45, 7) is 4.98. The second-order valence-corrected chi connectivity index (χ2v) is 24.2. The van der Waals surface area contributed by atoms with Gasteiger partial charge >= 0.3 is 5.97 Å². The van der Waals surface area contributed by atoms with Gasteiger partial charge in [0.05, 0.1) is 25.4 Å². The molecule has 0 bridgehead atoms. The van der Waals surface area contributed by atoms with Crippen LogP contribution in [-0.2, 0) is 14.3 Å². The monoisotopic (exact) mass is 1070 g/mol. The molecule has 76 heavy (non-hydrogen) atoms. The maximum atomic E-state index is 12.5. The van der Waals surface area contributed by atoms with E-state index in [-0.39, 0.29) is 18.5 Å². The molecule has 0 spiro atoms. The quantitative estimate of drug-likeness (QED) is 0.0320. The molecule has 0 saturated carbocycles. The zero-order chi connectivity index (χ0) is 55.0. The zero-order valence-corrected chi connectivity index (χ0v) is 51.8. The predicted octanol–water partition coefficient (Wildman–Crippen LogP) is 22.4. The van der Waals surface area contributed by atoms with E-state index in [1.54, 1.807) is 0 Å². The van der Waals surface area contributed by atoms with Gasteiger partial charge in [0.1, 0.15) is 0 Å². The molecule has 2 unspecified atom stereocenters. The highest BCUT2D eigenvalue weighted by molar-refractivity contribution is 5.76. The molecule has 3 N–H and O–H groups in total. The Balaban J connectivity index is 3.31. The summed E-state index contributed by atoms with van der Waals surface area (Å²) >= 11 is 0. The van der Waals surface area contributed by atoms with Crippen molar-refractivity contribution < 1.29 is 24.5 Å². The Kier molecular flexibility index (Phi) is 64.9. The second-order valence-electron chi connectivity index (χ2n) is 24.2. The molecule has 0 heterocycles. The first-order valence-corrected chi connectivity index (χ1v) is 34.9. The second kappa shape index (κ2) is 66.1. The zero-order valence-electron chi connectivity index (χ0n) is 51.8. The lowest BCUT2D eigenvalue weighted by Crippen LogP contribution is -2.45. The third kappa shape index (κ3) is 61.8. The molecule has 0 aliphatic carbocycles. The summed E-state index contributed by atoms with van der Waals surface area (Å²) in [6.07, 6.45) is 81.2. The number of carbonyl (C=O) groups is 2. The van der Waals surface area contributed by atoms with Gasteiger partial charge in [-0.3, -0.25) is 9.59 Å². The number of carbonyl (C=O) groups excluding carboxylic acids is 2. The number of esters is 1. The molecule has 2 atom stereocenters. The molecule has 0 rings (SSSR count). The number of aliphatic hydroxyl groups is 2. The predicted molar refractivity (Wildman–Crippen MR) is 333 cm³/mol. The van der Waals surface area contributed by atoms with Crippen molar-refractivity contribution in [1.29, 1.82) is 0 Å². The first-order valence-electron chi connectivity index (χ1n) is 34.9. The van der Waals surface area contributed by atoms with Gasteiger partial charge in [0.2, 0.25) is 5.91 Å². The van der Waals surface area contributed by atoms with Crippen LogP contribution in [0, 0.1) is 0 Å². The van der Waals surface area contributed by atoms with Crippen molar-refractivity contribution in [2.45, 2.75) is 411 Å². The molecule has 452 valence electrons. The fourth-order valence-electron chi connectivity index (χ4n) is 11.2. The van der Waals surface area contributed by atoms with Crippen LogP contribution in [0.1, 0.15) is 399 Å². The molecular formula is C70H137NO5. The van der Waals surface area contributed by atoms with E-state index in [4.69, 9.17) is 4.74 Å². The Morgan fingerprint density at radius 1 is 0.355 bits per heavy atom. The molecule has 6 heteroatoms. The number of ether oxygens (including phenoxy) is 1. The van der Waals surface area contributed by atoms with Crippen LogP contribution in [0.3, 0.4) is 0 Å². The summed E-state index contributed by atoms with van der Waals surface area (Å²) in [5.74, 6) is -0.0153. The lowest BCUT2D eigenvalue weighted by molar-refractivity contribution is -0.143. The topological polar surface area (TPSA) is 95.9 Å². The molecule has 0 aromatic carbocycles. The Morgan fingerprint density at radius 2 is 0.618 bits per heavy atom. The van der Waals surface area contributed by atoms with Crippen LogP contribution in [0.4, 0.5) is 0 Å². The molecule has 0 radical (unpaired) electrons. The van der Waals surface area contributed by atoms with E-state index in [0.717, 1.165) is 44.9 Å². The molecule has 0 aliphatic rings. The summed E-state index contributed by atoms with van der Waals surface area (Å²) in [7, 11) is 0. The minimum atomic E-state index is -0.660. The van der Waals surface area contributed by atoms with Gasteiger partial charge in [0.25, 0.3) is 0 Å². The van der Waals surface area contributed by atoms with Crippen LogP contribution in [-0.4, -0.2) is 47.4 Å². The maximum Gasteiger partial charge on any atom is 0.305 e. The van der Waals surface area contributed by atoms with Gasteiger partial charge in [-0.15, -0.1) is 0 Å². The van der Waals surface area contributed by atoms with Crippen molar-refractivity contribution in [3.05, 3.63) is 12.2 Å². The number of allylic oxidation sites excluding steroid dienone is 2. The van der Waals surface area contributed by atoms with Gasteiger partial charge in [-0.1, -0.05) is 347 Å². The van der Waals surface area contributed by atoms with E-state index in [1.807, 2.05) is 0 Å². The van der Waals surface area contributed by atoms with E-state index in [2.05, 4.69) is 31.3 Å². The Morgan fingerprint density at radius 3 is 0.934 bits per heavy atom. The van der Waals surface area contributed by atoms with Gasteiger partial charge in [0.15, 0.2) is 0 Å². The number of nitrogens with one attached hydrogen (secondary N) is 1. The standard InChI is InChI=1S/C70H137NO5/c1-3-5-7-9-11-13-15-17-35-40-44-48-52-56-60-64-70(75)76-65-61-57-53-49-45-41-37-34-32-30-28-26-24-22-20-19-21-23-25-27-29-31-33-36-39-43-47-51-55-59-63-69(74)71-67(66-72)68(73)62-58-54-50-46-42-38-18-16-14-12-10-8-6-4-2/h17,35,67-68,72-73H,3-16,18-34,36-66H2,1-2H3,(H,71,74)/b35-17-. The van der Waals surface area contributed by atoms with Crippen LogP contribution < -0.4 is 5.32 Å². The molecule has 0 aliphatic heterocycles. The average Bonchev–Trinajstić information content (AvgIpc) is 3.42. The SMILES string of the molecule is CCCCCCCC/C=C\CCCCCCCC(=O)OCCCCCCCCCCCCCCCCCCCCCCCCCCCCCCCCC(=O)NC(CO)C(O)CCCCCCCCCCCCCCCC. The molecule has 0 saturated heterocycles. The number of hydrogen-bond donors (Lipinski definition) is 3. The molecule has 6 nitrogen and oxygen atoms in total. The fraction of sp³-hybridized carbons (Fsp3) is 0.943. The van der Waals surface area contributed by atoms with E-state index in [9.17, 15) is 19.8 Å². The summed E-state index contributed by atoms with van der Waals surface area (Å²) in [4.78, 5) is 24.6. The third-order valence-corrected chi connectivity index (χ3v) is 16.6. The van der Waals surface area contributed by atoms with Crippen LogP contribution in [0.15, 0.2) is 12.2 Å². The van der Waals surface area contributed by atoms with Gasteiger partial charge < -0.3 is 20.3 Å². The Hall–Kier alpha value is -1.40. The van der Waals surface area contributed by atoms with Crippen LogP contribution >= 0.6 is 0 Å². The number of unbranched alkanes of at least 4 members (excludes halogenated alkanes) is 53. The summed E-state index contributed by atoms with van der Waals surface area (Å²) in [5.41, 5.74) is 0. The van der Waals surface area contributed by atoms with E-state index in [1.165, 1.54) is 321 Å². The van der Waals surface area contributed by atoms with E-state index >= 15 is 0 Å². The maximum absolute atomic E-state index is 12.5. The highest BCUT2D eigenvalue weighted by Gasteiger charge is 2.20. The highest BCUT2D eigenvalue weighted by atomic mass is 16.5. The average molecular weight is 1070 g/mol. The van der Waals surface area contributed by atoms with Gasteiger partial charge in [-0.05, 0) is 51.4 Å². The molecule has 0 fully saturated rings. The van der Waals surface area contributed by atoms with Crippen LogP contribution in [0.2, 0.25) is 0 Å². The smallest absolute Gasteiger partial charge is 0.305 e. The highest BCUT2D eigenvalue weighted by Crippen LogP contribution is 2.19. The minimum absolute atomic E-state index is 0.0130. The van der Waals surface area contributed by atoms with E-state index in [0.29, 0.717) is 25.9 Å². The largest absolute Gasteiger partial charge is 0.466 e. The number of hydrogen-bond acceptors (Lipinski definition) is 5. The first kappa shape index (κ1) is 74.6. The summed E-state index contributed by atoms with van der Waals surface area (Å²) < 4.78 is 5.49. The minimum Gasteiger partial charge on any atom is -0.466 e. The van der Waals surface area contributed by atoms with Crippen molar-refractivity contribution in [3.8, 4) is 0 Å².